The first-order valence-electron chi connectivity index (χ1n) is 12.1. The number of benzene rings is 3. The number of fused-ring (bicyclic) bond motifs is 2. The minimum absolute atomic E-state index is 0.227. The molecule has 0 spiro atoms. The molecule has 1 aliphatic heterocycles. The van der Waals surface area contributed by atoms with Gasteiger partial charge in [-0.05, 0) is 96.2 Å². The van der Waals surface area contributed by atoms with Gasteiger partial charge in [-0.25, -0.2) is 0 Å². The number of nitrogens with one attached hydrogen (secondary N) is 1. The molecule has 0 aromatic heterocycles. The third-order valence-electron chi connectivity index (χ3n) is 9.33. The van der Waals surface area contributed by atoms with E-state index < -0.39 is 0 Å². The molecule has 1 nitrogen and oxygen atoms in total. The highest BCUT2D eigenvalue weighted by molar-refractivity contribution is 5.87. The van der Waals surface area contributed by atoms with E-state index in [1.54, 1.807) is 16.7 Å². The van der Waals surface area contributed by atoms with Gasteiger partial charge in [-0.2, -0.15) is 0 Å². The highest BCUT2D eigenvalue weighted by Gasteiger charge is 2.61. The summed E-state index contributed by atoms with van der Waals surface area (Å²) in [6.07, 6.45) is 8.44. The van der Waals surface area contributed by atoms with E-state index in [4.69, 9.17) is 0 Å². The van der Waals surface area contributed by atoms with Crippen LogP contribution in [0.4, 0.5) is 0 Å². The van der Waals surface area contributed by atoms with Crippen molar-refractivity contribution in [2.24, 2.45) is 23.7 Å². The molecule has 1 heteroatoms. The molecule has 30 heavy (non-hydrogen) atoms. The zero-order valence-electron chi connectivity index (χ0n) is 17.7. The summed E-state index contributed by atoms with van der Waals surface area (Å²) in [5, 5.41) is 7.01. The Morgan fingerprint density at radius 1 is 0.700 bits per heavy atom. The first-order valence-corrected chi connectivity index (χ1v) is 12.1. The highest BCUT2D eigenvalue weighted by atomic mass is 15.0. The van der Waals surface area contributed by atoms with Crippen LogP contribution in [-0.2, 0) is 11.8 Å². The fraction of sp³-hybridized carbons (Fsp3) is 0.448. The van der Waals surface area contributed by atoms with Gasteiger partial charge in [-0.3, -0.25) is 0 Å². The van der Waals surface area contributed by atoms with E-state index in [1.807, 2.05) is 0 Å². The van der Waals surface area contributed by atoms with E-state index in [-0.39, 0.29) is 5.41 Å². The van der Waals surface area contributed by atoms with E-state index in [2.05, 4.69) is 72.0 Å². The standard InChI is InChI=1S/C29H31N/c1-3-9-25-21(6-1)8-5-11-27(25)29(23-15-19-14-20(17-23)18-24(29)16-19)28-26-10-4-2-7-22(26)12-13-30-28/h1-11,19-20,23-24,28,30H,12-18H2. The van der Waals surface area contributed by atoms with E-state index in [1.165, 1.54) is 49.3 Å². The minimum Gasteiger partial charge on any atom is -0.309 e. The van der Waals surface area contributed by atoms with Gasteiger partial charge in [0.1, 0.15) is 0 Å². The third kappa shape index (κ3) is 2.28. The van der Waals surface area contributed by atoms with Crippen LogP contribution in [0.5, 0.6) is 0 Å². The molecule has 4 saturated carbocycles. The quantitative estimate of drug-likeness (QED) is 0.530. The van der Waals surface area contributed by atoms with Gasteiger partial charge in [0.25, 0.3) is 0 Å². The molecule has 8 rings (SSSR count). The van der Waals surface area contributed by atoms with Crippen LogP contribution in [0.3, 0.4) is 0 Å². The van der Waals surface area contributed by atoms with E-state index in [9.17, 15) is 0 Å². The Morgan fingerprint density at radius 3 is 2.23 bits per heavy atom. The smallest absolute Gasteiger partial charge is 0.0426 e. The van der Waals surface area contributed by atoms with Crippen LogP contribution >= 0.6 is 0 Å². The SMILES string of the molecule is c1ccc2c(c1)CCNC2C1(c2cccc3ccccc23)C2CC3CC(C2)CC1C3. The van der Waals surface area contributed by atoms with Crippen LogP contribution in [0.15, 0.2) is 66.7 Å². The van der Waals surface area contributed by atoms with Gasteiger partial charge in [-0.1, -0.05) is 66.7 Å². The highest BCUT2D eigenvalue weighted by Crippen LogP contribution is 2.67. The lowest BCUT2D eigenvalue weighted by Crippen LogP contribution is -2.61. The van der Waals surface area contributed by atoms with Crippen molar-refractivity contribution in [1.29, 1.82) is 0 Å². The summed E-state index contributed by atoms with van der Waals surface area (Å²) in [6, 6.07) is 26.1. The van der Waals surface area contributed by atoms with Gasteiger partial charge in [0.2, 0.25) is 0 Å². The Balaban J connectivity index is 1.52. The van der Waals surface area contributed by atoms with Crippen molar-refractivity contribution in [2.75, 3.05) is 6.54 Å². The molecule has 3 aromatic rings. The molecule has 152 valence electrons. The predicted octanol–water partition coefficient (Wildman–Crippen LogP) is 6.42. The molecular weight excluding hydrogens is 362 g/mol. The van der Waals surface area contributed by atoms with Gasteiger partial charge in [0, 0.05) is 11.5 Å². The molecule has 4 aliphatic carbocycles. The molecule has 3 aromatic carbocycles. The van der Waals surface area contributed by atoms with Crippen molar-refractivity contribution >= 4 is 10.8 Å². The summed E-state index contributed by atoms with van der Waals surface area (Å²) < 4.78 is 0. The van der Waals surface area contributed by atoms with E-state index in [0.717, 1.165) is 30.2 Å². The first-order chi connectivity index (χ1) is 14.8. The summed E-state index contributed by atoms with van der Waals surface area (Å²) >= 11 is 0. The van der Waals surface area contributed by atoms with E-state index in [0.29, 0.717) is 6.04 Å². The first kappa shape index (κ1) is 17.5. The lowest BCUT2D eigenvalue weighted by Gasteiger charge is -2.65. The molecule has 0 saturated heterocycles. The third-order valence-corrected chi connectivity index (χ3v) is 9.33. The Kier molecular flexibility index (Phi) is 3.77. The monoisotopic (exact) mass is 393 g/mol. The lowest BCUT2D eigenvalue weighted by molar-refractivity contribution is -0.0793. The zero-order chi connectivity index (χ0) is 19.7. The fourth-order valence-corrected chi connectivity index (χ4v) is 8.56. The van der Waals surface area contributed by atoms with Crippen LogP contribution in [0.25, 0.3) is 10.8 Å². The molecule has 4 bridgehead atoms. The fourth-order valence-electron chi connectivity index (χ4n) is 8.56. The van der Waals surface area contributed by atoms with Gasteiger partial charge < -0.3 is 5.32 Å². The lowest BCUT2D eigenvalue weighted by atomic mass is 9.41. The molecule has 0 amide bonds. The summed E-state index contributed by atoms with van der Waals surface area (Å²) in [7, 11) is 0. The normalized spacial score (nSPS) is 36.7. The summed E-state index contributed by atoms with van der Waals surface area (Å²) in [6.45, 7) is 1.11. The average Bonchev–Trinajstić information content (AvgIpc) is 2.79. The van der Waals surface area contributed by atoms with Gasteiger partial charge in [0.15, 0.2) is 0 Å². The largest absolute Gasteiger partial charge is 0.309 e. The molecule has 1 heterocycles. The molecular formula is C29H31N. The molecule has 0 radical (unpaired) electrons. The van der Waals surface area contributed by atoms with Crippen LogP contribution in [-0.4, -0.2) is 6.54 Å². The van der Waals surface area contributed by atoms with Gasteiger partial charge in [0.05, 0.1) is 0 Å². The molecule has 1 N–H and O–H groups in total. The van der Waals surface area contributed by atoms with Crippen LogP contribution < -0.4 is 5.32 Å². The summed E-state index contributed by atoms with van der Waals surface area (Å²) in [4.78, 5) is 0. The zero-order valence-corrected chi connectivity index (χ0v) is 17.7. The molecule has 1 atom stereocenters. The second-order valence-corrected chi connectivity index (χ2v) is 10.6. The summed E-state index contributed by atoms with van der Waals surface area (Å²) in [5.74, 6) is 3.58. The Labute approximate surface area is 179 Å². The topological polar surface area (TPSA) is 12.0 Å². The number of rotatable bonds is 2. The average molecular weight is 394 g/mol. The van der Waals surface area contributed by atoms with Crippen LogP contribution in [0.2, 0.25) is 0 Å². The second kappa shape index (κ2) is 6.44. The van der Waals surface area contributed by atoms with Gasteiger partial charge >= 0.3 is 0 Å². The van der Waals surface area contributed by atoms with Crippen molar-refractivity contribution in [2.45, 2.75) is 50.0 Å². The Morgan fingerprint density at radius 2 is 1.40 bits per heavy atom. The molecule has 5 aliphatic rings. The Bertz CT molecular complexity index is 1080. The van der Waals surface area contributed by atoms with Crippen molar-refractivity contribution < 1.29 is 0 Å². The maximum absolute atomic E-state index is 4.11. The van der Waals surface area contributed by atoms with Crippen molar-refractivity contribution in [3.8, 4) is 0 Å². The maximum atomic E-state index is 4.11. The maximum Gasteiger partial charge on any atom is 0.0426 e. The molecule has 4 fully saturated rings. The van der Waals surface area contributed by atoms with Crippen molar-refractivity contribution in [3.63, 3.8) is 0 Å². The van der Waals surface area contributed by atoms with Crippen molar-refractivity contribution in [3.05, 3.63) is 83.4 Å². The predicted molar refractivity (Wildman–Crippen MR) is 124 cm³/mol. The second-order valence-electron chi connectivity index (χ2n) is 10.6. The van der Waals surface area contributed by atoms with Crippen LogP contribution in [0, 0.1) is 23.7 Å². The summed E-state index contributed by atoms with van der Waals surface area (Å²) in [5.41, 5.74) is 5.03. The minimum atomic E-state index is 0.227. The van der Waals surface area contributed by atoms with Crippen LogP contribution in [0.1, 0.15) is 54.8 Å². The van der Waals surface area contributed by atoms with Crippen molar-refractivity contribution in [1.82, 2.24) is 5.32 Å². The van der Waals surface area contributed by atoms with E-state index >= 15 is 0 Å². The Hall–Kier alpha value is -2.12. The van der Waals surface area contributed by atoms with Gasteiger partial charge in [-0.15, -0.1) is 0 Å². The molecule has 1 unspecified atom stereocenters. The number of hydrogen-bond acceptors (Lipinski definition) is 1. The number of hydrogen-bond donors (Lipinski definition) is 1.